The molecule has 0 bridgehead atoms. The van der Waals surface area contributed by atoms with Crippen molar-refractivity contribution in [2.24, 2.45) is 0 Å². The van der Waals surface area contributed by atoms with Crippen LogP contribution in [0.25, 0.3) is 0 Å². The third kappa shape index (κ3) is 6.27. The predicted molar refractivity (Wildman–Crippen MR) is 79.3 cm³/mol. The van der Waals surface area contributed by atoms with Crippen molar-refractivity contribution in [1.82, 2.24) is 10.6 Å². The van der Waals surface area contributed by atoms with Gasteiger partial charge in [0.25, 0.3) is 0 Å². The maximum atomic E-state index is 11.8. The zero-order chi connectivity index (χ0) is 15.9. The van der Waals surface area contributed by atoms with Crippen molar-refractivity contribution in [3.63, 3.8) is 0 Å². The van der Waals surface area contributed by atoms with Gasteiger partial charge in [-0.15, -0.1) is 0 Å². The summed E-state index contributed by atoms with van der Waals surface area (Å²) in [5, 5.41) is 14.3. The number of hydrogen-bond donors (Lipinski definition) is 3. The fraction of sp³-hybridized carbons (Fsp3) is 0.467. The smallest absolute Gasteiger partial charge is 0.335 e. The molecule has 21 heavy (non-hydrogen) atoms. The Balaban J connectivity index is 2.44. The van der Waals surface area contributed by atoms with Crippen molar-refractivity contribution in [2.75, 3.05) is 13.2 Å². The molecular weight excluding hydrogens is 272 g/mol. The average Bonchev–Trinajstić information content (AvgIpc) is 2.43. The first-order chi connectivity index (χ1) is 9.84. The second-order valence-corrected chi connectivity index (χ2v) is 5.33. The number of nitrogens with one attached hydrogen (secondary N) is 2. The summed E-state index contributed by atoms with van der Waals surface area (Å²) in [5.41, 5.74) is 0.603. The minimum Gasteiger partial charge on any atom is -0.478 e. The number of hydrogen-bond acceptors (Lipinski definition) is 3. The van der Waals surface area contributed by atoms with Crippen molar-refractivity contribution in [2.45, 2.75) is 32.9 Å². The SMILES string of the molecule is CCOCC(C)(C)NC(=O)NCc1ccc(C(=O)O)cc1. The van der Waals surface area contributed by atoms with Gasteiger partial charge in [0.15, 0.2) is 0 Å². The van der Waals surface area contributed by atoms with E-state index in [9.17, 15) is 9.59 Å². The highest BCUT2D eigenvalue weighted by Crippen LogP contribution is 2.05. The second-order valence-electron chi connectivity index (χ2n) is 5.33. The average molecular weight is 294 g/mol. The lowest BCUT2D eigenvalue weighted by atomic mass is 10.1. The largest absolute Gasteiger partial charge is 0.478 e. The molecule has 0 saturated carbocycles. The van der Waals surface area contributed by atoms with Crippen LogP contribution in [0.4, 0.5) is 4.79 Å². The van der Waals surface area contributed by atoms with E-state index in [0.29, 0.717) is 19.8 Å². The third-order valence-electron chi connectivity index (χ3n) is 2.77. The molecule has 1 aromatic rings. The lowest BCUT2D eigenvalue weighted by Crippen LogP contribution is -2.50. The second kappa shape index (κ2) is 7.64. The van der Waals surface area contributed by atoms with E-state index in [0.717, 1.165) is 5.56 Å². The van der Waals surface area contributed by atoms with Crippen LogP contribution in [0, 0.1) is 0 Å². The molecule has 0 unspecified atom stereocenters. The number of carbonyl (C=O) groups is 2. The Bertz CT molecular complexity index is 483. The fourth-order valence-electron chi connectivity index (χ4n) is 1.69. The van der Waals surface area contributed by atoms with Crippen molar-refractivity contribution in [3.05, 3.63) is 35.4 Å². The van der Waals surface area contributed by atoms with E-state index < -0.39 is 11.5 Å². The summed E-state index contributed by atoms with van der Waals surface area (Å²) < 4.78 is 5.30. The Labute approximate surface area is 124 Å². The summed E-state index contributed by atoms with van der Waals surface area (Å²) >= 11 is 0. The molecule has 6 nitrogen and oxygen atoms in total. The first-order valence-electron chi connectivity index (χ1n) is 6.80. The summed E-state index contributed by atoms with van der Waals surface area (Å²) in [4.78, 5) is 22.5. The summed E-state index contributed by atoms with van der Waals surface area (Å²) in [5.74, 6) is -0.968. The molecule has 0 saturated heterocycles. The van der Waals surface area contributed by atoms with Crippen LogP contribution < -0.4 is 10.6 Å². The number of ether oxygens (including phenoxy) is 1. The Hall–Kier alpha value is -2.08. The summed E-state index contributed by atoms with van der Waals surface area (Å²) in [6.45, 7) is 7.02. The number of aromatic carboxylic acids is 1. The zero-order valence-electron chi connectivity index (χ0n) is 12.6. The monoisotopic (exact) mass is 294 g/mol. The number of carboxylic acids is 1. The first kappa shape index (κ1) is 17.0. The lowest BCUT2D eigenvalue weighted by molar-refractivity contribution is 0.0697. The standard InChI is InChI=1S/C15H22N2O4/c1-4-21-10-15(2,3)17-14(20)16-9-11-5-7-12(8-6-11)13(18)19/h5-8H,4,9-10H2,1-3H3,(H,18,19)(H2,16,17,20). The number of carbonyl (C=O) groups excluding carboxylic acids is 1. The van der Waals surface area contributed by atoms with Crippen molar-refractivity contribution in [1.29, 1.82) is 0 Å². The number of rotatable bonds is 7. The third-order valence-corrected chi connectivity index (χ3v) is 2.77. The molecule has 0 heterocycles. The quantitative estimate of drug-likeness (QED) is 0.717. The van der Waals surface area contributed by atoms with Crippen LogP contribution in [0.3, 0.4) is 0 Å². The van der Waals surface area contributed by atoms with Gasteiger partial charge < -0.3 is 20.5 Å². The topological polar surface area (TPSA) is 87.7 Å². The molecule has 0 atom stereocenters. The number of urea groups is 1. The molecule has 0 spiro atoms. The molecule has 0 fully saturated rings. The Morgan fingerprint density at radius 3 is 2.38 bits per heavy atom. The van der Waals surface area contributed by atoms with Crippen molar-refractivity contribution < 1.29 is 19.4 Å². The van der Waals surface area contributed by atoms with Crippen molar-refractivity contribution in [3.8, 4) is 0 Å². The summed E-state index contributed by atoms with van der Waals surface area (Å²) in [6.07, 6.45) is 0. The Morgan fingerprint density at radius 1 is 1.24 bits per heavy atom. The van der Waals surface area contributed by atoms with Gasteiger partial charge in [-0.05, 0) is 38.5 Å². The van der Waals surface area contributed by atoms with Gasteiger partial charge in [-0.1, -0.05) is 12.1 Å². The number of amides is 2. The molecule has 1 rings (SSSR count). The van der Waals surface area contributed by atoms with Gasteiger partial charge in [0.1, 0.15) is 0 Å². The van der Waals surface area contributed by atoms with Crippen LogP contribution in [-0.4, -0.2) is 35.9 Å². The van der Waals surface area contributed by atoms with E-state index in [4.69, 9.17) is 9.84 Å². The van der Waals surface area contributed by atoms with E-state index in [2.05, 4.69) is 10.6 Å². The summed E-state index contributed by atoms with van der Waals surface area (Å²) in [6, 6.07) is 6.08. The highest BCUT2D eigenvalue weighted by molar-refractivity contribution is 5.87. The lowest BCUT2D eigenvalue weighted by Gasteiger charge is -2.26. The van der Waals surface area contributed by atoms with Gasteiger partial charge in [0.2, 0.25) is 0 Å². The maximum absolute atomic E-state index is 11.8. The van der Waals surface area contributed by atoms with Crippen LogP contribution in [0.5, 0.6) is 0 Å². The molecule has 1 aromatic carbocycles. The van der Waals surface area contributed by atoms with Crippen LogP contribution in [0.1, 0.15) is 36.7 Å². The van der Waals surface area contributed by atoms with Crippen molar-refractivity contribution >= 4 is 12.0 Å². The van der Waals surface area contributed by atoms with Gasteiger partial charge in [-0.3, -0.25) is 0 Å². The molecule has 2 amide bonds. The highest BCUT2D eigenvalue weighted by Gasteiger charge is 2.20. The Morgan fingerprint density at radius 2 is 1.86 bits per heavy atom. The van der Waals surface area contributed by atoms with Gasteiger partial charge >= 0.3 is 12.0 Å². The minimum absolute atomic E-state index is 0.223. The number of carboxylic acid groups (broad SMARTS) is 1. The van der Waals surface area contributed by atoms with Crippen LogP contribution in [-0.2, 0) is 11.3 Å². The van der Waals surface area contributed by atoms with Crippen LogP contribution in [0.2, 0.25) is 0 Å². The minimum atomic E-state index is -0.968. The first-order valence-corrected chi connectivity index (χ1v) is 6.80. The normalized spacial score (nSPS) is 11.0. The highest BCUT2D eigenvalue weighted by atomic mass is 16.5. The molecule has 116 valence electrons. The molecule has 0 radical (unpaired) electrons. The van der Waals surface area contributed by atoms with Crippen LogP contribution in [0.15, 0.2) is 24.3 Å². The maximum Gasteiger partial charge on any atom is 0.335 e. The van der Waals surface area contributed by atoms with Gasteiger partial charge in [0, 0.05) is 13.2 Å². The summed E-state index contributed by atoms with van der Waals surface area (Å²) in [7, 11) is 0. The van der Waals surface area contributed by atoms with E-state index in [-0.39, 0.29) is 11.6 Å². The Kier molecular flexibility index (Phi) is 6.17. The van der Waals surface area contributed by atoms with Gasteiger partial charge in [0.05, 0.1) is 17.7 Å². The molecule has 6 heteroatoms. The fourth-order valence-corrected chi connectivity index (χ4v) is 1.69. The van der Waals surface area contributed by atoms with Gasteiger partial charge in [-0.2, -0.15) is 0 Å². The van der Waals surface area contributed by atoms with Crippen LogP contribution >= 0.6 is 0 Å². The molecule has 0 aromatic heterocycles. The molecule has 0 aliphatic carbocycles. The molecule has 3 N–H and O–H groups in total. The van der Waals surface area contributed by atoms with E-state index in [1.807, 2.05) is 20.8 Å². The zero-order valence-corrected chi connectivity index (χ0v) is 12.6. The predicted octanol–water partition coefficient (Wildman–Crippen LogP) is 2.00. The van der Waals surface area contributed by atoms with E-state index in [1.165, 1.54) is 12.1 Å². The molecule has 0 aliphatic rings. The van der Waals surface area contributed by atoms with Gasteiger partial charge in [-0.25, -0.2) is 9.59 Å². The van der Waals surface area contributed by atoms with E-state index >= 15 is 0 Å². The molecule has 0 aliphatic heterocycles. The van der Waals surface area contributed by atoms with E-state index in [1.54, 1.807) is 12.1 Å². The molecular formula is C15H22N2O4. The number of benzene rings is 1.